The molecule has 0 saturated heterocycles. The summed E-state index contributed by atoms with van der Waals surface area (Å²) >= 11 is 0. The maximum atomic E-state index is 9.76. The van der Waals surface area contributed by atoms with Gasteiger partial charge in [0.05, 0.1) is 39.8 Å². The van der Waals surface area contributed by atoms with E-state index in [1.807, 2.05) is 0 Å². The van der Waals surface area contributed by atoms with Crippen LogP contribution in [0.4, 0.5) is 0 Å². The van der Waals surface area contributed by atoms with E-state index in [9.17, 15) is 8.22 Å². The Morgan fingerprint density at radius 3 is 2.06 bits per heavy atom. The van der Waals surface area contributed by atoms with Crippen LogP contribution in [0.5, 0.6) is 0 Å². The minimum absolute atomic E-state index is 0.183. The van der Waals surface area contributed by atoms with Gasteiger partial charge in [-0.25, -0.2) is 4.98 Å². The van der Waals surface area contributed by atoms with Crippen LogP contribution in [0.15, 0.2) is 166 Å². The van der Waals surface area contributed by atoms with Gasteiger partial charge < -0.3 is 8.83 Å². The highest BCUT2D eigenvalue weighted by Gasteiger charge is 2.21. The van der Waals surface area contributed by atoms with E-state index < -0.39 is 167 Å². The Kier molecular flexibility index (Phi) is 3.03. The molecule has 0 fully saturated rings. The second-order valence-corrected chi connectivity index (χ2v) is 11.2. The predicted octanol–water partition coefficient (Wildman–Crippen LogP) is 11.8. The second-order valence-electron chi connectivity index (χ2n) is 11.2. The van der Waals surface area contributed by atoms with Crippen molar-refractivity contribution in [1.29, 1.82) is 0 Å². The third-order valence-corrected chi connectivity index (χ3v) is 8.32. The molecule has 238 valence electrons. The van der Waals surface area contributed by atoms with Crippen LogP contribution in [0.2, 0.25) is 0 Å². The molecule has 6 nitrogen and oxygen atoms in total. The fourth-order valence-electron chi connectivity index (χ4n) is 6.11. The van der Waals surface area contributed by atoms with Gasteiger partial charge in [0.15, 0.2) is 11.6 Å². The van der Waals surface area contributed by atoms with Crippen molar-refractivity contribution in [2.75, 3.05) is 0 Å². The van der Waals surface area contributed by atoms with E-state index in [1.165, 1.54) is 0 Å². The Morgan fingerprint density at radius 1 is 0.451 bits per heavy atom. The van der Waals surface area contributed by atoms with Gasteiger partial charge in [-0.2, -0.15) is 9.97 Å². The maximum Gasteiger partial charge on any atom is 0.238 e. The SMILES string of the molecule is [2H]c1c([2H])c([2H])c(-c2c([2H])c([2H])c([2H])c3oc4c([2H])c(-c5nc(-c6ccccc6)nc(-n6c7c([2H])c([2H])c([2H])c([2H])c7c7c([2H])c8oc9c([2H])c([2H])c([2H])c([2H])c9c8c([2H])c76)n5)c([2H])c([2H])c4c23)c([2H])c1[2H]. The monoisotopic (exact) mass is 675 g/mol. The lowest BCUT2D eigenvalue weighted by atomic mass is 9.99. The van der Waals surface area contributed by atoms with Crippen molar-refractivity contribution in [3.05, 3.63) is 157 Å². The maximum absolute atomic E-state index is 9.76. The van der Waals surface area contributed by atoms with Crippen LogP contribution in [-0.2, 0) is 0 Å². The summed E-state index contributed by atoms with van der Waals surface area (Å²) in [4.78, 5) is 14.0. The zero-order valence-electron chi connectivity index (χ0n) is 46.5. The van der Waals surface area contributed by atoms with Crippen LogP contribution in [0, 0.1) is 0 Å². The first kappa shape index (κ1) is 14.4. The molecule has 0 aliphatic rings. The molecule has 0 aliphatic carbocycles. The molecule has 11 aromatic rings. The number of hydrogen-bond acceptors (Lipinski definition) is 5. The summed E-state index contributed by atoms with van der Waals surface area (Å²) in [5, 5.41) is -1.87. The third-order valence-electron chi connectivity index (χ3n) is 8.32. The smallest absolute Gasteiger partial charge is 0.238 e. The van der Waals surface area contributed by atoms with E-state index in [0.29, 0.717) is 5.56 Å². The van der Waals surface area contributed by atoms with Crippen molar-refractivity contribution >= 4 is 65.7 Å². The summed E-state index contributed by atoms with van der Waals surface area (Å²) in [6.07, 6.45) is 0. The van der Waals surface area contributed by atoms with Gasteiger partial charge in [0.25, 0.3) is 0 Å². The van der Waals surface area contributed by atoms with Gasteiger partial charge in [-0.3, -0.25) is 4.57 Å². The predicted molar refractivity (Wildman–Crippen MR) is 205 cm³/mol. The van der Waals surface area contributed by atoms with E-state index in [1.54, 1.807) is 30.3 Å². The summed E-state index contributed by atoms with van der Waals surface area (Å²) in [6.45, 7) is 0. The van der Waals surface area contributed by atoms with Crippen molar-refractivity contribution in [3.8, 4) is 39.9 Å². The fraction of sp³-hybridized carbons (Fsp3) is 0. The molecule has 0 spiro atoms. The molecule has 0 N–H and O–H groups in total. The van der Waals surface area contributed by atoms with Crippen LogP contribution in [0.3, 0.4) is 0 Å². The third kappa shape index (κ3) is 4.26. The second kappa shape index (κ2) is 10.7. The van der Waals surface area contributed by atoms with E-state index in [-0.39, 0.29) is 60.3 Å². The number of para-hydroxylation sites is 2. The molecular weight excluding hydrogens is 629 g/mol. The van der Waals surface area contributed by atoms with Gasteiger partial charge in [0.1, 0.15) is 22.3 Å². The number of hydrogen-bond donors (Lipinski definition) is 0. The normalized spacial score (nSPS) is 17.7. The molecule has 0 amide bonds. The van der Waals surface area contributed by atoms with Gasteiger partial charge in [0.2, 0.25) is 5.95 Å². The average Bonchev–Trinajstić information content (AvgIpc) is 4.09. The zero-order valence-corrected chi connectivity index (χ0v) is 25.5. The largest absolute Gasteiger partial charge is 0.456 e. The van der Waals surface area contributed by atoms with Crippen molar-refractivity contribution < 1.29 is 37.6 Å². The highest BCUT2D eigenvalue weighted by atomic mass is 16.3. The molecule has 0 aliphatic heterocycles. The van der Waals surface area contributed by atoms with Crippen LogP contribution in [0.1, 0.15) is 28.8 Å². The lowest BCUT2D eigenvalue weighted by Gasteiger charge is -2.11. The Balaban J connectivity index is 1.30. The lowest BCUT2D eigenvalue weighted by Crippen LogP contribution is -2.06. The van der Waals surface area contributed by atoms with Gasteiger partial charge >= 0.3 is 0 Å². The van der Waals surface area contributed by atoms with Gasteiger partial charge in [-0.1, -0.05) is 115 Å². The Labute approximate surface area is 320 Å². The minimum Gasteiger partial charge on any atom is -0.456 e. The summed E-state index contributed by atoms with van der Waals surface area (Å²) in [7, 11) is 0. The Morgan fingerprint density at radius 2 is 1.18 bits per heavy atom. The zero-order chi connectivity index (χ0) is 51.7. The number of rotatable bonds is 4. The molecule has 11 rings (SSSR count). The van der Waals surface area contributed by atoms with Gasteiger partial charge in [-0.05, 0) is 53.4 Å². The molecule has 0 radical (unpaired) electrons. The van der Waals surface area contributed by atoms with E-state index in [2.05, 4.69) is 9.97 Å². The number of benzene rings is 7. The number of aromatic nitrogens is 4. The van der Waals surface area contributed by atoms with Gasteiger partial charge in [-0.15, -0.1) is 0 Å². The van der Waals surface area contributed by atoms with Crippen molar-refractivity contribution in [1.82, 2.24) is 19.5 Å². The number of fused-ring (bicyclic) bond motifs is 9. The van der Waals surface area contributed by atoms with Crippen molar-refractivity contribution in [3.63, 3.8) is 0 Å². The molecule has 4 aromatic heterocycles. The number of nitrogens with zero attached hydrogens (tertiary/aromatic N) is 4. The van der Waals surface area contributed by atoms with Crippen LogP contribution < -0.4 is 0 Å². The summed E-state index contributed by atoms with van der Waals surface area (Å²) in [5.74, 6) is -1.23. The summed E-state index contributed by atoms with van der Waals surface area (Å²) < 4.78 is 199. The van der Waals surface area contributed by atoms with Crippen LogP contribution in [0.25, 0.3) is 106 Å². The fourth-order valence-corrected chi connectivity index (χ4v) is 6.11. The molecule has 0 bridgehead atoms. The molecule has 0 saturated carbocycles. The Bertz CT molecular complexity index is 4330. The lowest BCUT2D eigenvalue weighted by molar-refractivity contribution is 0.669. The molecular formula is C45H26N4O2. The standard InChI is InChI=1S/C45H26N4O2/c1-3-12-27(13-4-1)30-18-11-21-39-42(30)33-23-22-29(24-40(33)51-39)44-46-43(28-14-5-2-6-15-28)47-45(48-44)49-36-19-9-7-16-31(36)34-26-41-35(25-37(34)49)32-17-8-10-20-38(32)50-41/h1-26H/i1D,3D,4D,7D,8D,9D,10D,11D,12D,13D,16D,17D,18D,19D,20D,21D,22D,23D,24D,25D,26D. The summed E-state index contributed by atoms with van der Waals surface area (Å²) in [5.41, 5.74) is -3.77. The average molecular weight is 676 g/mol. The van der Waals surface area contributed by atoms with Crippen LogP contribution in [-0.4, -0.2) is 19.5 Å². The quantitative estimate of drug-likeness (QED) is 0.186. The topological polar surface area (TPSA) is 69.9 Å². The summed E-state index contributed by atoms with van der Waals surface area (Å²) in [6, 6.07) is -6.69. The first-order chi connectivity index (χ1) is 34.0. The number of furan rings is 2. The first-order valence-electron chi connectivity index (χ1n) is 25.7. The highest BCUT2D eigenvalue weighted by Crippen LogP contribution is 2.40. The Hall–Kier alpha value is -7.05. The molecule has 4 heterocycles. The van der Waals surface area contributed by atoms with E-state index >= 15 is 0 Å². The van der Waals surface area contributed by atoms with Gasteiger partial charge in [0, 0.05) is 43.4 Å². The molecule has 6 heteroatoms. The van der Waals surface area contributed by atoms with E-state index in [0.717, 1.165) is 4.57 Å². The van der Waals surface area contributed by atoms with Crippen molar-refractivity contribution in [2.24, 2.45) is 0 Å². The molecule has 7 aromatic carbocycles. The highest BCUT2D eigenvalue weighted by molar-refractivity contribution is 6.17. The molecule has 0 unspecified atom stereocenters. The van der Waals surface area contributed by atoms with Crippen molar-refractivity contribution in [2.45, 2.75) is 0 Å². The molecule has 51 heavy (non-hydrogen) atoms. The molecule has 0 atom stereocenters. The van der Waals surface area contributed by atoms with Crippen LogP contribution >= 0.6 is 0 Å². The first-order valence-corrected chi connectivity index (χ1v) is 15.2. The minimum atomic E-state index is -0.783. The van der Waals surface area contributed by atoms with E-state index in [4.69, 9.17) is 34.4 Å².